The minimum absolute atomic E-state index is 0. The van der Waals surface area contributed by atoms with Crippen molar-refractivity contribution in [1.29, 1.82) is 0 Å². The van der Waals surface area contributed by atoms with E-state index in [0.717, 1.165) is 43.8 Å². The van der Waals surface area contributed by atoms with E-state index in [2.05, 4.69) is 139 Å². The molecular formula is C40H43BrClN3S. The van der Waals surface area contributed by atoms with Gasteiger partial charge in [-0.1, -0.05) is 80.1 Å². The smallest absolute Gasteiger partial charge is 0.210 e. The molecule has 3 aliphatic rings. The summed E-state index contributed by atoms with van der Waals surface area (Å²) in [6.07, 6.45) is 13.2. The van der Waals surface area contributed by atoms with Crippen molar-refractivity contribution in [3.05, 3.63) is 118 Å². The van der Waals surface area contributed by atoms with Crippen LogP contribution in [0.4, 0.5) is 11.4 Å². The van der Waals surface area contributed by atoms with E-state index in [1.165, 1.54) is 55.8 Å². The predicted octanol–water partition coefficient (Wildman–Crippen LogP) is 7.57. The first-order valence-corrected chi connectivity index (χ1v) is 17.0. The Morgan fingerprint density at radius 2 is 1.72 bits per heavy atom. The molecule has 0 saturated carbocycles. The third-order valence-corrected chi connectivity index (χ3v) is 10.5. The van der Waals surface area contributed by atoms with Gasteiger partial charge in [-0.25, -0.2) is 4.99 Å². The fourth-order valence-electron chi connectivity index (χ4n) is 7.68. The zero-order valence-corrected chi connectivity index (χ0v) is 30.7. The van der Waals surface area contributed by atoms with Crippen LogP contribution in [0.15, 0.2) is 112 Å². The Balaban J connectivity index is 0.00000417. The minimum Gasteiger partial charge on any atom is -1.00 e. The molecule has 0 radical (unpaired) electrons. The summed E-state index contributed by atoms with van der Waals surface area (Å²) in [7, 11) is 0. The molecule has 0 spiro atoms. The van der Waals surface area contributed by atoms with Crippen LogP contribution in [0, 0.1) is 0 Å². The van der Waals surface area contributed by atoms with E-state index in [-0.39, 0.29) is 27.8 Å². The molecule has 0 bridgehead atoms. The predicted molar refractivity (Wildman–Crippen MR) is 196 cm³/mol. The number of hydrogen-bond acceptors (Lipinski definition) is 3. The molecule has 6 rings (SSSR count). The molecule has 0 saturated heterocycles. The molecule has 0 atom stereocenters. The molecule has 1 aliphatic carbocycles. The van der Waals surface area contributed by atoms with E-state index in [0.29, 0.717) is 6.54 Å². The Hall–Kier alpha value is -3.08. The highest BCUT2D eigenvalue weighted by atomic mass is 79.9. The average Bonchev–Trinajstić information content (AvgIpc) is 3.40. The maximum Gasteiger partial charge on any atom is 0.210 e. The largest absolute Gasteiger partial charge is 1.00 e. The van der Waals surface area contributed by atoms with Gasteiger partial charge in [-0.3, -0.25) is 0 Å². The molecule has 2 aliphatic heterocycles. The summed E-state index contributed by atoms with van der Waals surface area (Å²) in [4.78, 5) is 6.63. The van der Waals surface area contributed by atoms with Crippen LogP contribution < -0.4 is 21.9 Å². The quantitative estimate of drug-likeness (QED) is 0.104. The standard InChI is InChI=1S/C40H43ClN3S.BrH/c1-6-43-33-18-10-9-17-32(33)39(2,3)35(43)23-20-29-14-11-15-30(38(29)41)21-24-36-40(4,5)37-31-16-8-7-13-28(31)19-22-34(37)44(36)26-12-25-42-27-45;/h7-10,13,16-24H,6,11-12,14-15,25-26H2,1-5H3;1H/q+1;/p-1. The van der Waals surface area contributed by atoms with Gasteiger partial charge in [-0.2, -0.15) is 4.58 Å². The SMILES string of the molecule is CCN1/C(=C/C=C2\CCCC(/C=C/C3=[N+](CCCN=C=S)c4ccc5ccccc5c4C3(C)C)=C2Cl)C(C)(C)c2ccccc21.[Br-]. The summed E-state index contributed by atoms with van der Waals surface area (Å²) in [5.41, 5.74) is 10.2. The fourth-order valence-corrected chi connectivity index (χ4v) is 8.08. The summed E-state index contributed by atoms with van der Waals surface area (Å²) < 4.78 is 2.48. The summed E-state index contributed by atoms with van der Waals surface area (Å²) in [5, 5.41) is 6.01. The highest BCUT2D eigenvalue weighted by Gasteiger charge is 2.45. The molecular weight excluding hydrogens is 670 g/mol. The van der Waals surface area contributed by atoms with Gasteiger partial charge in [-0.05, 0) is 97.9 Å². The highest BCUT2D eigenvalue weighted by Crippen LogP contribution is 2.48. The fraction of sp³-hybridized carbons (Fsp3) is 0.350. The van der Waals surface area contributed by atoms with Crippen LogP contribution in [-0.4, -0.2) is 35.1 Å². The van der Waals surface area contributed by atoms with Gasteiger partial charge in [-0.15, -0.1) is 0 Å². The number of para-hydroxylation sites is 1. The Bertz CT molecular complexity index is 1870. The number of allylic oxidation sites excluding steroid dienone is 8. The summed E-state index contributed by atoms with van der Waals surface area (Å²) in [6.45, 7) is 14.1. The lowest BCUT2D eigenvalue weighted by atomic mass is 9.79. The van der Waals surface area contributed by atoms with E-state index >= 15 is 0 Å². The van der Waals surface area contributed by atoms with Gasteiger partial charge >= 0.3 is 0 Å². The molecule has 0 fully saturated rings. The Labute approximate surface area is 295 Å². The molecule has 3 aromatic carbocycles. The number of anilines is 1. The number of thiocarbonyl (C=S) groups is 1. The third kappa shape index (κ3) is 6.04. The number of benzene rings is 3. The van der Waals surface area contributed by atoms with Crippen molar-refractivity contribution in [2.24, 2.45) is 4.99 Å². The molecule has 2 heterocycles. The van der Waals surface area contributed by atoms with Crippen molar-refractivity contribution < 1.29 is 21.6 Å². The zero-order chi connectivity index (χ0) is 31.8. The lowest BCUT2D eigenvalue weighted by Crippen LogP contribution is -3.00. The van der Waals surface area contributed by atoms with Gasteiger partial charge in [0.15, 0.2) is 12.3 Å². The van der Waals surface area contributed by atoms with Crippen LogP contribution in [0.2, 0.25) is 0 Å². The van der Waals surface area contributed by atoms with Crippen molar-refractivity contribution in [1.82, 2.24) is 0 Å². The minimum atomic E-state index is -0.169. The van der Waals surface area contributed by atoms with Crippen LogP contribution in [0.5, 0.6) is 0 Å². The zero-order valence-electron chi connectivity index (χ0n) is 27.5. The maximum atomic E-state index is 7.21. The molecule has 0 N–H and O–H groups in total. The number of fused-ring (bicyclic) bond motifs is 4. The van der Waals surface area contributed by atoms with Crippen molar-refractivity contribution >= 4 is 56.8 Å². The third-order valence-electron chi connectivity index (χ3n) is 9.93. The van der Waals surface area contributed by atoms with E-state index in [9.17, 15) is 0 Å². The van der Waals surface area contributed by atoms with Gasteiger partial charge in [0.25, 0.3) is 0 Å². The van der Waals surface area contributed by atoms with Gasteiger partial charge < -0.3 is 21.9 Å². The second kappa shape index (κ2) is 14.0. The second-order valence-corrected chi connectivity index (χ2v) is 13.9. The second-order valence-electron chi connectivity index (χ2n) is 13.3. The van der Waals surface area contributed by atoms with Crippen LogP contribution >= 0.6 is 23.8 Å². The Kier molecular flexibility index (Phi) is 10.4. The summed E-state index contributed by atoms with van der Waals surface area (Å²) in [5.74, 6) is 0. The topological polar surface area (TPSA) is 18.6 Å². The van der Waals surface area contributed by atoms with Crippen LogP contribution in [-0.2, 0) is 10.8 Å². The maximum absolute atomic E-state index is 7.21. The first kappa shape index (κ1) is 34.3. The monoisotopic (exact) mass is 711 g/mol. The first-order chi connectivity index (χ1) is 21.7. The lowest BCUT2D eigenvalue weighted by molar-refractivity contribution is -0.437. The summed E-state index contributed by atoms with van der Waals surface area (Å²) in [6, 6.07) is 22.0. The van der Waals surface area contributed by atoms with Crippen molar-refractivity contribution in [2.75, 3.05) is 24.5 Å². The van der Waals surface area contributed by atoms with Crippen LogP contribution in [0.25, 0.3) is 10.8 Å². The number of likely N-dealkylation sites (N-methyl/N-ethyl adjacent to an activating group) is 1. The molecule has 0 amide bonds. The molecule has 46 heavy (non-hydrogen) atoms. The number of nitrogens with zero attached hydrogens (tertiary/aromatic N) is 3. The molecule has 3 nitrogen and oxygen atoms in total. The highest BCUT2D eigenvalue weighted by molar-refractivity contribution is 7.78. The number of halogens is 2. The molecule has 238 valence electrons. The number of rotatable bonds is 8. The van der Waals surface area contributed by atoms with Gasteiger partial charge in [0.2, 0.25) is 5.69 Å². The average molecular weight is 713 g/mol. The van der Waals surface area contributed by atoms with E-state index in [1.54, 1.807) is 0 Å². The first-order valence-electron chi connectivity index (χ1n) is 16.3. The lowest BCUT2D eigenvalue weighted by Gasteiger charge is -2.26. The van der Waals surface area contributed by atoms with Gasteiger partial charge in [0.1, 0.15) is 0 Å². The van der Waals surface area contributed by atoms with Crippen molar-refractivity contribution in [2.45, 2.75) is 71.1 Å². The number of hydrogen-bond donors (Lipinski definition) is 0. The van der Waals surface area contributed by atoms with Crippen molar-refractivity contribution in [3.8, 4) is 0 Å². The van der Waals surface area contributed by atoms with Gasteiger partial charge in [0, 0.05) is 52.5 Å². The molecule has 6 heteroatoms. The van der Waals surface area contributed by atoms with E-state index in [4.69, 9.17) is 23.8 Å². The molecule has 0 unspecified atom stereocenters. The summed E-state index contributed by atoms with van der Waals surface area (Å²) >= 11 is 12.0. The van der Waals surface area contributed by atoms with Crippen molar-refractivity contribution in [3.63, 3.8) is 0 Å². The Morgan fingerprint density at radius 1 is 0.957 bits per heavy atom. The van der Waals surface area contributed by atoms with E-state index < -0.39 is 0 Å². The normalized spacial score (nSPS) is 20.0. The van der Waals surface area contributed by atoms with Gasteiger partial charge in [0.05, 0.1) is 17.1 Å². The van der Waals surface area contributed by atoms with E-state index in [1.807, 2.05) is 0 Å². The molecule has 3 aromatic rings. The number of isothiocyanates is 1. The number of aliphatic imine (C=N–C) groups is 1. The molecule has 0 aromatic heterocycles. The van der Waals surface area contributed by atoms with Crippen LogP contribution in [0.3, 0.4) is 0 Å². The van der Waals surface area contributed by atoms with Crippen LogP contribution in [0.1, 0.15) is 71.4 Å². The Morgan fingerprint density at radius 3 is 2.50 bits per heavy atom.